The molecule has 0 aromatic rings. The third-order valence-electron chi connectivity index (χ3n) is 2.47. The van der Waals surface area contributed by atoms with Gasteiger partial charge in [0.1, 0.15) is 0 Å². The Morgan fingerprint density at radius 2 is 2.25 bits per heavy atom. The van der Waals surface area contributed by atoms with Crippen molar-refractivity contribution in [3.8, 4) is 0 Å². The molecular formula is C9H20N2O. The minimum atomic E-state index is -0.459. The zero-order valence-electron chi connectivity index (χ0n) is 7.90. The highest BCUT2D eigenvalue weighted by molar-refractivity contribution is 4.84. The van der Waals surface area contributed by atoms with Crippen LogP contribution in [-0.4, -0.2) is 36.9 Å². The van der Waals surface area contributed by atoms with Crippen LogP contribution in [0.25, 0.3) is 0 Å². The van der Waals surface area contributed by atoms with E-state index < -0.39 is 5.60 Å². The smallest absolute Gasteiger partial charge is 0.0784 e. The summed E-state index contributed by atoms with van der Waals surface area (Å²) >= 11 is 0. The molecule has 0 aliphatic carbocycles. The maximum atomic E-state index is 10.1. The van der Waals surface area contributed by atoms with Gasteiger partial charge in [-0.05, 0) is 38.9 Å². The number of likely N-dealkylation sites (N-methyl/N-ethyl adjacent to an activating group) is 1. The van der Waals surface area contributed by atoms with Crippen LogP contribution in [0.1, 0.15) is 26.2 Å². The Morgan fingerprint density at radius 1 is 1.42 bits per heavy atom. The topological polar surface area (TPSA) is 44.3 Å². The zero-order chi connectivity index (χ0) is 8.86. The van der Waals surface area contributed by atoms with E-state index in [2.05, 4.69) is 17.6 Å². The van der Waals surface area contributed by atoms with Gasteiger partial charge in [-0.25, -0.2) is 0 Å². The van der Waals surface area contributed by atoms with E-state index in [1.54, 1.807) is 0 Å². The van der Waals surface area contributed by atoms with Crippen LogP contribution < -0.4 is 10.6 Å². The molecule has 0 saturated carbocycles. The van der Waals surface area contributed by atoms with Crippen LogP contribution in [-0.2, 0) is 0 Å². The van der Waals surface area contributed by atoms with Gasteiger partial charge in [0.15, 0.2) is 0 Å². The Hall–Kier alpha value is -0.120. The van der Waals surface area contributed by atoms with Crippen molar-refractivity contribution in [3.05, 3.63) is 0 Å². The van der Waals surface area contributed by atoms with Gasteiger partial charge in [-0.1, -0.05) is 6.92 Å². The second-order valence-corrected chi connectivity index (χ2v) is 3.61. The second-order valence-electron chi connectivity index (χ2n) is 3.61. The average Bonchev–Trinajstić information content (AvgIpc) is 2.27. The molecule has 1 rings (SSSR count). The Morgan fingerprint density at radius 3 is 3.00 bits per heavy atom. The Kier molecular flexibility index (Phi) is 3.98. The summed E-state index contributed by atoms with van der Waals surface area (Å²) < 4.78 is 0. The number of aliphatic hydroxyl groups is 1. The summed E-state index contributed by atoms with van der Waals surface area (Å²) in [6, 6.07) is 0. The van der Waals surface area contributed by atoms with Crippen molar-refractivity contribution in [3.63, 3.8) is 0 Å². The highest BCUT2D eigenvalue weighted by Crippen LogP contribution is 2.17. The molecule has 0 radical (unpaired) electrons. The van der Waals surface area contributed by atoms with E-state index in [0.717, 1.165) is 45.4 Å². The van der Waals surface area contributed by atoms with E-state index in [1.165, 1.54) is 0 Å². The van der Waals surface area contributed by atoms with Gasteiger partial charge < -0.3 is 15.7 Å². The predicted octanol–water partition coefficient (Wildman–Crippen LogP) is 0.100. The summed E-state index contributed by atoms with van der Waals surface area (Å²) in [6.07, 6.45) is 2.88. The van der Waals surface area contributed by atoms with Gasteiger partial charge in [0.05, 0.1) is 5.60 Å². The molecule has 1 fully saturated rings. The van der Waals surface area contributed by atoms with Crippen LogP contribution in [0.5, 0.6) is 0 Å². The number of hydrogen-bond acceptors (Lipinski definition) is 3. The molecule has 3 heteroatoms. The lowest BCUT2D eigenvalue weighted by Crippen LogP contribution is -2.41. The maximum Gasteiger partial charge on any atom is 0.0784 e. The summed E-state index contributed by atoms with van der Waals surface area (Å²) in [7, 11) is 0. The van der Waals surface area contributed by atoms with Gasteiger partial charge in [0.2, 0.25) is 0 Å². The molecule has 0 amide bonds. The van der Waals surface area contributed by atoms with Gasteiger partial charge >= 0.3 is 0 Å². The van der Waals surface area contributed by atoms with E-state index in [4.69, 9.17) is 0 Å². The molecule has 3 nitrogen and oxygen atoms in total. The van der Waals surface area contributed by atoms with Gasteiger partial charge in [-0.15, -0.1) is 0 Å². The quantitative estimate of drug-likeness (QED) is 0.566. The fourth-order valence-electron chi connectivity index (χ4n) is 1.65. The molecular weight excluding hydrogens is 152 g/mol. The van der Waals surface area contributed by atoms with Gasteiger partial charge in [-0.2, -0.15) is 0 Å². The molecule has 1 aliphatic heterocycles. The molecule has 1 unspecified atom stereocenters. The van der Waals surface area contributed by atoms with Crippen molar-refractivity contribution in [2.75, 3.05) is 26.2 Å². The molecule has 1 heterocycles. The molecule has 1 atom stereocenters. The first-order chi connectivity index (χ1) is 5.77. The van der Waals surface area contributed by atoms with Crippen molar-refractivity contribution in [1.29, 1.82) is 0 Å². The molecule has 1 saturated heterocycles. The van der Waals surface area contributed by atoms with Gasteiger partial charge in [-0.3, -0.25) is 0 Å². The molecule has 0 spiro atoms. The van der Waals surface area contributed by atoms with Crippen LogP contribution in [0.4, 0.5) is 0 Å². The second kappa shape index (κ2) is 4.80. The van der Waals surface area contributed by atoms with Crippen molar-refractivity contribution >= 4 is 0 Å². The van der Waals surface area contributed by atoms with Gasteiger partial charge in [0.25, 0.3) is 0 Å². The number of nitrogens with one attached hydrogen (secondary N) is 2. The molecule has 0 bridgehead atoms. The highest BCUT2D eigenvalue weighted by Gasteiger charge is 2.26. The van der Waals surface area contributed by atoms with Crippen LogP contribution in [0.15, 0.2) is 0 Å². The summed E-state index contributed by atoms with van der Waals surface area (Å²) in [5, 5.41) is 16.6. The lowest BCUT2D eigenvalue weighted by Gasteiger charge is -2.26. The monoisotopic (exact) mass is 172 g/mol. The van der Waals surface area contributed by atoms with Crippen molar-refractivity contribution in [2.24, 2.45) is 0 Å². The predicted molar refractivity (Wildman–Crippen MR) is 50.2 cm³/mol. The molecule has 1 aliphatic rings. The molecule has 72 valence electrons. The van der Waals surface area contributed by atoms with Crippen LogP contribution in [0, 0.1) is 0 Å². The molecule has 3 N–H and O–H groups in total. The molecule has 12 heavy (non-hydrogen) atoms. The van der Waals surface area contributed by atoms with Gasteiger partial charge in [0, 0.05) is 6.54 Å². The summed E-state index contributed by atoms with van der Waals surface area (Å²) in [4.78, 5) is 0. The zero-order valence-corrected chi connectivity index (χ0v) is 7.90. The lowest BCUT2D eigenvalue weighted by atomic mass is 9.95. The van der Waals surface area contributed by atoms with E-state index in [-0.39, 0.29) is 0 Å². The fourth-order valence-corrected chi connectivity index (χ4v) is 1.65. The van der Waals surface area contributed by atoms with E-state index in [0.29, 0.717) is 0 Å². The Bertz CT molecular complexity index is 120. The van der Waals surface area contributed by atoms with Crippen molar-refractivity contribution in [2.45, 2.75) is 31.8 Å². The largest absolute Gasteiger partial charge is 0.389 e. The van der Waals surface area contributed by atoms with Crippen molar-refractivity contribution in [1.82, 2.24) is 10.6 Å². The van der Waals surface area contributed by atoms with E-state index in [9.17, 15) is 5.11 Å². The average molecular weight is 172 g/mol. The normalized spacial score (nSPS) is 31.5. The Labute approximate surface area is 74.5 Å². The first-order valence-corrected chi connectivity index (χ1v) is 4.91. The maximum absolute atomic E-state index is 10.1. The minimum Gasteiger partial charge on any atom is -0.389 e. The lowest BCUT2D eigenvalue weighted by molar-refractivity contribution is 0.0290. The number of rotatable bonds is 3. The minimum absolute atomic E-state index is 0.459. The summed E-state index contributed by atoms with van der Waals surface area (Å²) in [6.45, 7) is 5.75. The highest BCUT2D eigenvalue weighted by atomic mass is 16.3. The summed E-state index contributed by atoms with van der Waals surface area (Å²) in [5.41, 5.74) is -0.459. The fraction of sp³-hybridized carbons (Fsp3) is 1.00. The van der Waals surface area contributed by atoms with E-state index >= 15 is 0 Å². The van der Waals surface area contributed by atoms with E-state index in [1.807, 2.05) is 0 Å². The molecule has 0 aromatic carbocycles. The third kappa shape index (κ3) is 3.09. The first kappa shape index (κ1) is 9.96. The molecule has 0 aromatic heterocycles. The number of hydrogen-bond donors (Lipinski definition) is 3. The SMILES string of the molecule is CCNCC1(O)CCCNCC1. The van der Waals surface area contributed by atoms with Crippen LogP contribution >= 0.6 is 0 Å². The standard InChI is InChI=1S/C9H20N2O/c1-2-10-8-9(12)4-3-6-11-7-5-9/h10-12H,2-8H2,1H3. The summed E-state index contributed by atoms with van der Waals surface area (Å²) in [5.74, 6) is 0. The van der Waals surface area contributed by atoms with Crippen molar-refractivity contribution < 1.29 is 5.11 Å². The first-order valence-electron chi connectivity index (χ1n) is 4.91. The Balaban J connectivity index is 2.32. The van der Waals surface area contributed by atoms with Crippen LogP contribution in [0.2, 0.25) is 0 Å². The van der Waals surface area contributed by atoms with Crippen LogP contribution in [0.3, 0.4) is 0 Å². The third-order valence-corrected chi connectivity index (χ3v) is 2.47.